The zero-order valence-corrected chi connectivity index (χ0v) is 17.9. The van der Waals surface area contributed by atoms with Gasteiger partial charge < -0.3 is 0 Å². The number of allylic oxidation sites excluding steroid dienone is 2. The van der Waals surface area contributed by atoms with Gasteiger partial charge in [0.15, 0.2) is 16.8 Å². The van der Waals surface area contributed by atoms with Crippen LogP contribution < -0.4 is 0 Å². The Hall–Kier alpha value is -1.22. The minimum atomic E-state index is -2.17. The number of ketones is 1. The van der Waals surface area contributed by atoms with Crippen molar-refractivity contribution in [2.45, 2.75) is 6.92 Å². The maximum atomic E-state index is 13.1. The molecule has 0 atom stereocenters. The topological polar surface area (TPSA) is 51.2 Å². The average Bonchev–Trinajstić information content (AvgIpc) is 2.59. The van der Waals surface area contributed by atoms with Gasteiger partial charge in [-0.1, -0.05) is 64.6 Å². The van der Waals surface area contributed by atoms with Gasteiger partial charge in [0.05, 0.1) is 39.1 Å². The van der Waals surface area contributed by atoms with Crippen molar-refractivity contribution in [3.05, 3.63) is 79.8 Å². The van der Waals surface area contributed by atoms with Crippen LogP contribution in [-0.2, 0) is 4.79 Å². The fourth-order valence-electron chi connectivity index (χ4n) is 2.30. The number of halogens is 4. The summed E-state index contributed by atoms with van der Waals surface area (Å²) in [6.45, 7) is 1.67. The van der Waals surface area contributed by atoms with Crippen LogP contribution in [0, 0.1) is 0 Å². The fraction of sp³-hybridized carbons (Fsp3) is 0.105. The minimum absolute atomic E-state index is 0.0109. The molecule has 8 heteroatoms. The largest absolute Gasteiger partial charge is 0.294 e. The Balaban J connectivity index is 2.56. The van der Waals surface area contributed by atoms with E-state index in [0.29, 0.717) is 0 Å². The maximum Gasteiger partial charge on any atom is 0.195 e. The van der Waals surface area contributed by atoms with Gasteiger partial charge in [0.2, 0.25) is 0 Å². The van der Waals surface area contributed by atoms with Gasteiger partial charge in [-0.2, -0.15) is 0 Å². The highest BCUT2D eigenvalue weighted by atomic mass is 35.5. The van der Waals surface area contributed by atoms with Crippen molar-refractivity contribution in [1.29, 1.82) is 0 Å². The Morgan fingerprint density at radius 3 is 1.52 bits per heavy atom. The fourth-order valence-corrected chi connectivity index (χ4v) is 5.62. The lowest BCUT2D eigenvalue weighted by Crippen LogP contribution is -2.15. The second-order valence-electron chi connectivity index (χ2n) is 5.36. The van der Waals surface area contributed by atoms with Crippen LogP contribution in [0.25, 0.3) is 0 Å². The number of benzene rings is 2. The van der Waals surface area contributed by atoms with Gasteiger partial charge in [0.1, 0.15) is 0 Å². The van der Waals surface area contributed by atoms with E-state index in [1.165, 1.54) is 36.4 Å². The van der Waals surface area contributed by atoms with E-state index in [1.54, 1.807) is 19.1 Å². The molecule has 0 spiro atoms. The van der Waals surface area contributed by atoms with Gasteiger partial charge in [-0.25, -0.2) is 0 Å². The summed E-state index contributed by atoms with van der Waals surface area (Å²) in [7, 11) is -2.17. The lowest BCUT2D eigenvalue weighted by Gasteiger charge is -2.17. The monoisotopic (exact) mass is 460 g/mol. The van der Waals surface area contributed by atoms with Crippen molar-refractivity contribution in [3.8, 4) is 0 Å². The molecule has 0 saturated heterocycles. The molecule has 0 fully saturated rings. The molecule has 0 aliphatic heterocycles. The van der Waals surface area contributed by atoms with E-state index in [9.17, 15) is 14.4 Å². The Labute approximate surface area is 178 Å². The lowest BCUT2D eigenvalue weighted by atomic mass is 10.2. The first-order chi connectivity index (χ1) is 12.8. The molecule has 2 aromatic rings. The Morgan fingerprint density at radius 1 is 0.815 bits per heavy atom. The molecule has 0 aliphatic rings. The predicted octanol–water partition coefficient (Wildman–Crippen LogP) is 6.91. The summed E-state index contributed by atoms with van der Waals surface area (Å²) < 4.78 is 0. The van der Waals surface area contributed by atoms with Crippen molar-refractivity contribution < 1.29 is 14.4 Å². The van der Waals surface area contributed by atoms with Gasteiger partial charge in [-0.05, 0) is 37.3 Å². The van der Waals surface area contributed by atoms with Crippen LogP contribution in [0.3, 0.4) is 0 Å². The van der Waals surface area contributed by atoms with E-state index in [4.69, 9.17) is 46.4 Å². The van der Waals surface area contributed by atoms with Crippen molar-refractivity contribution >= 4 is 71.2 Å². The molecule has 0 radical (unpaired) electrons. The molecule has 140 valence electrons. The van der Waals surface area contributed by atoms with E-state index in [-0.39, 0.29) is 43.2 Å². The molecule has 0 N–H and O–H groups in total. The number of rotatable bonds is 7. The highest BCUT2D eigenvalue weighted by molar-refractivity contribution is 7.91. The van der Waals surface area contributed by atoms with Crippen LogP contribution in [0.15, 0.2) is 48.6 Å². The van der Waals surface area contributed by atoms with Crippen molar-refractivity contribution in [2.24, 2.45) is 0 Å². The minimum Gasteiger partial charge on any atom is -0.294 e. The number of hydrogen-bond acceptors (Lipinski definition) is 3. The van der Waals surface area contributed by atoms with Crippen LogP contribution in [0.4, 0.5) is 0 Å². The molecular weight excluding hydrogens is 449 g/mol. The first-order valence-corrected chi connectivity index (χ1v) is 10.7. The molecular formula is C19H13Cl4O3P. The third kappa shape index (κ3) is 5.19. The van der Waals surface area contributed by atoms with E-state index >= 15 is 0 Å². The van der Waals surface area contributed by atoms with Gasteiger partial charge in [0.25, 0.3) is 0 Å². The summed E-state index contributed by atoms with van der Waals surface area (Å²) in [5.74, 6) is -0.364. The second kappa shape index (κ2) is 9.82. The van der Waals surface area contributed by atoms with Gasteiger partial charge >= 0.3 is 0 Å². The summed E-state index contributed by atoms with van der Waals surface area (Å²) in [5, 5.41) is 0.432. The van der Waals surface area contributed by atoms with Crippen molar-refractivity contribution in [2.75, 3.05) is 6.16 Å². The quantitative estimate of drug-likeness (QED) is 0.332. The van der Waals surface area contributed by atoms with E-state index < -0.39 is 19.0 Å². The average molecular weight is 462 g/mol. The molecule has 2 rings (SSSR count). The van der Waals surface area contributed by atoms with E-state index in [2.05, 4.69) is 0 Å². The van der Waals surface area contributed by atoms with Crippen LogP contribution in [-0.4, -0.2) is 23.0 Å². The molecule has 2 aromatic carbocycles. The first kappa shape index (κ1) is 22.1. The van der Waals surface area contributed by atoms with E-state index in [0.717, 1.165) is 0 Å². The highest BCUT2D eigenvalue weighted by Crippen LogP contribution is 2.48. The van der Waals surface area contributed by atoms with Crippen LogP contribution in [0.2, 0.25) is 20.1 Å². The molecule has 0 amide bonds. The molecule has 0 unspecified atom stereocenters. The van der Waals surface area contributed by atoms with Crippen LogP contribution >= 0.6 is 54.3 Å². The Bertz CT molecular complexity index is 837. The summed E-state index contributed by atoms with van der Waals surface area (Å²) >= 11 is 24.5. The first-order valence-electron chi connectivity index (χ1n) is 7.67. The van der Waals surface area contributed by atoms with E-state index in [1.807, 2.05) is 0 Å². The lowest BCUT2D eigenvalue weighted by molar-refractivity contribution is -0.112. The Kier molecular flexibility index (Phi) is 8.03. The number of carbonyl (C=O) groups excluding carboxylic acids is 3. The molecule has 0 aliphatic carbocycles. The van der Waals surface area contributed by atoms with Gasteiger partial charge in [0, 0.05) is 6.16 Å². The summed E-state index contributed by atoms with van der Waals surface area (Å²) in [5.41, 5.74) is -1.17. The van der Waals surface area contributed by atoms with Gasteiger partial charge in [-0.15, -0.1) is 0 Å². The standard InChI is InChI=1S/C19H13Cl4O3P/c1-2-5-11(24)10-27(18(25)16-12(20)6-3-7-13(16)21)19(26)17-14(22)8-4-9-15(17)23/h2-9H,10H2,1H3/b5-2+. The summed E-state index contributed by atoms with van der Waals surface area (Å²) in [6.07, 6.45) is 2.55. The Morgan fingerprint density at radius 2 is 1.19 bits per heavy atom. The third-order valence-electron chi connectivity index (χ3n) is 3.51. The predicted molar refractivity (Wildman–Crippen MR) is 113 cm³/mol. The zero-order valence-electron chi connectivity index (χ0n) is 14.0. The van der Waals surface area contributed by atoms with Crippen molar-refractivity contribution in [1.82, 2.24) is 0 Å². The summed E-state index contributed by atoms with van der Waals surface area (Å²) in [4.78, 5) is 38.4. The van der Waals surface area contributed by atoms with Gasteiger partial charge in [-0.3, -0.25) is 14.4 Å². The SMILES string of the molecule is C/C=C/C(=O)CP(C(=O)c1c(Cl)cccc1Cl)C(=O)c1c(Cl)cccc1Cl. The molecule has 0 bridgehead atoms. The van der Waals surface area contributed by atoms with Crippen LogP contribution in [0.5, 0.6) is 0 Å². The molecule has 0 saturated carbocycles. The normalized spacial score (nSPS) is 11.2. The highest BCUT2D eigenvalue weighted by Gasteiger charge is 2.34. The number of hydrogen-bond donors (Lipinski definition) is 0. The number of carbonyl (C=O) groups is 3. The van der Waals surface area contributed by atoms with Crippen LogP contribution in [0.1, 0.15) is 27.6 Å². The molecule has 3 nitrogen and oxygen atoms in total. The molecule has 0 heterocycles. The maximum absolute atomic E-state index is 13.1. The van der Waals surface area contributed by atoms with Crippen molar-refractivity contribution in [3.63, 3.8) is 0 Å². The summed E-state index contributed by atoms with van der Waals surface area (Å²) in [6, 6.07) is 9.15. The third-order valence-corrected chi connectivity index (χ3v) is 6.83. The molecule has 0 aromatic heterocycles. The second-order valence-corrected chi connectivity index (χ2v) is 8.97. The smallest absolute Gasteiger partial charge is 0.195 e. The zero-order chi connectivity index (χ0) is 20.1. The molecule has 27 heavy (non-hydrogen) atoms.